The third kappa shape index (κ3) is 5.83. The first-order valence-electron chi connectivity index (χ1n) is 6.63. The van der Waals surface area contributed by atoms with Gasteiger partial charge in [-0.2, -0.15) is 0 Å². The largest absolute Gasteiger partial charge is 0.309 e. The fourth-order valence-corrected chi connectivity index (χ4v) is 2.29. The molecule has 16 heavy (non-hydrogen) atoms. The minimum Gasteiger partial charge on any atom is -0.309 e. The van der Waals surface area contributed by atoms with Gasteiger partial charge >= 0.3 is 0 Å². The van der Waals surface area contributed by atoms with Crippen LogP contribution in [0, 0.1) is 5.92 Å². The predicted octanol–water partition coefficient (Wildman–Crippen LogP) is 1.21. The normalized spacial score (nSPS) is 22.3. The summed E-state index contributed by atoms with van der Waals surface area (Å²) in [5.41, 5.74) is 0. The molecule has 0 aromatic heterocycles. The van der Waals surface area contributed by atoms with E-state index in [2.05, 4.69) is 42.8 Å². The van der Waals surface area contributed by atoms with E-state index in [1.54, 1.807) is 0 Å². The molecule has 1 unspecified atom stereocenters. The average Bonchev–Trinajstić information content (AvgIpc) is 2.41. The van der Waals surface area contributed by atoms with Gasteiger partial charge in [-0.1, -0.05) is 6.92 Å². The summed E-state index contributed by atoms with van der Waals surface area (Å²) in [5, 5.41) is 0. The molecule has 1 atom stereocenters. The molecule has 0 spiro atoms. The van der Waals surface area contributed by atoms with Crippen molar-refractivity contribution >= 4 is 0 Å². The van der Waals surface area contributed by atoms with Crippen molar-refractivity contribution in [1.82, 2.24) is 14.7 Å². The van der Waals surface area contributed by atoms with Crippen LogP contribution in [0.25, 0.3) is 0 Å². The molecule has 0 radical (unpaired) electrons. The number of rotatable bonds is 5. The second-order valence-electron chi connectivity index (χ2n) is 5.65. The number of hydrogen-bond acceptors (Lipinski definition) is 3. The lowest BCUT2D eigenvalue weighted by atomic mass is 10.1. The van der Waals surface area contributed by atoms with Crippen LogP contribution in [0.3, 0.4) is 0 Å². The van der Waals surface area contributed by atoms with Crippen LogP contribution >= 0.6 is 0 Å². The van der Waals surface area contributed by atoms with E-state index in [0.717, 1.165) is 5.92 Å². The van der Waals surface area contributed by atoms with Gasteiger partial charge in [-0.3, -0.25) is 0 Å². The van der Waals surface area contributed by atoms with Crippen molar-refractivity contribution in [3.63, 3.8) is 0 Å². The van der Waals surface area contributed by atoms with Crippen molar-refractivity contribution in [3.05, 3.63) is 0 Å². The molecule has 0 bridgehead atoms. The summed E-state index contributed by atoms with van der Waals surface area (Å²) in [6.45, 7) is 9.93. The molecule has 0 aromatic rings. The van der Waals surface area contributed by atoms with Crippen molar-refractivity contribution in [2.45, 2.75) is 19.8 Å². The summed E-state index contributed by atoms with van der Waals surface area (Å²) in [6, 6.07) is 0. The summed E-state index contributed by atoms with van der Waals surface area (Å²) >= 11 is 0. The van der Waals surface area contributed by atoms with Crippen molar-refractivity contribution in [2.24, 2.45) is 5.92 Å². The quantitative estimate of drug-likeness (QED) is 0.699. The number of nitrogens with zero attached hydrogens (tertiary/aromatic N) is 3. The zero-order valence-electron chi connectivity index (χ0n) is 11.6. The van der Waals surface area contributed by atoms with Crippen LogP contribution in [0.5, 0.6) is 0 Å². The Morgan fingerprint density at radius 3 is 2.56 bits per heavy atom. The molecule has 0 amide bonds. The number of likely N-dealkylation sites (N-methyl/N-ethyl adjacent to an activating group) is 1. The van der Waals surface area contributed by atoms with E-state index in [1.165, 1.54) is 52.1 Å². The molecule has 96 valence electrons. The Balaban J connectivity index is 2.19. The lowest BCUT2D eigenvalue weighted by Crippen LogP contribution is -2.33. The Morgan fingerprint density at radius 2 is 1.88 bits per heavy atom. The maximum Gasteiger partial charge on any atom is 0.0109 e. The van der Waals surface area contributed by atoms with Gasteiger partial charge in [0.2, 0.25) is 0 Å². The molecule has 1 saturated heterocycles. The highest BCUT2D eigenvalue weighted by atomic mass is 15.2. The molecule has 0 aromatic carbocycles. The lowest BCUT2D eigenvalue weighted by molar-refractivity contribution is 0.227. The third-order valence-corrected chi connectivity index (χ3v) is 3.45. The SMILES string of the molecule is CC(CCN(C)C)CN1CCCN(C)CC1. The van der Waals surface area contributed by atoms with Crippen LogP contribution in [0.1, 0.15) is 19.8 Å². The molecule has 3 heteroatoms. The van der Waals surface area contributed by atoms with Crippen LogP contribution < -0.4 is 0 Å². The van der Waals surface area contributed by atoms with Crippen molar-refractivity contribution < 1.29 is 0 Å². The Labute approximate surface area is 101 Å². The van der Waals surface area contributed by atoms with E-state index in [1.807, 2.05) is 0 Å². The van der Waals surface area contributed by atoms with Crippen molar-refractivity contribution in [1.29, 1.82) is 0 Å². The topological polar surface area (TPSA) is 9.72 Å². The fourth-order valence-electron chi connectivity index (χ4n) is 2.29. The maximum atomic E-state index is 2.64. The Hall–Kier alpha value is -0.120. The Morgan fingerprint density at radius 1 is 1.12 bits per heavy atom. The highest BCUT2D eigenvalue weighted by Gasteiger charge is 2.14. The maximum absolute atomic E-state index is 2.64. The summed E-state index contributed by atoms with van der Waals surface area (Å²) in [5.74, 6) is 0.825. The second-order valence-corrected chi connectivity index (χ2v) is 5.65. The van der Waals surface area contributed by atoms with Crippen LogP contribution in [0.4, 0.5) is 0 Å². The van der Waals surface area contributed by atoms with Crippen LogP contribution in [0.2, 0.25) is 0 Å². The summed E-state index contributed by atoms with van der Waals surface area (Å²) < 4.78 is 0. The minimum atomic E-state index is 0.825. The molecule has 1 fully saturated rings. The molecular weight excluding hydrogens is 198 g/mol. The van der Waals surface area contributed by atoms with E-state index in [9.17, 15) is 0 Å². The first-order chi connectivity index (χ1) is 7.58. The first kappa shape index (κ1) is 13.9. The van der Waals surface area contributed by atoms with Crippen LogP contribution in [-0.4, -0.2) is 75.1 Å². The van der Waals surface area contributed by atoms with Gasteiger partial charge in [0, 0.05) is 19.6 Å². The second kappa shape index (κ2) is 7.25. The minimum absolute atomic E-state index is 0.825. The molecule has 1 aliphatic heterocycles. The van der Waals surface area contributed by atoms with E-state index in [0.29, 0.717) is 0 Å². The van der Waals surface area contributed by atoms with Gasteiger partial charge in [0.05, 0.1) is 0 Å². The Bertz CT molecular complexity index is 182. The third-order valence-electron chi connectivity index (χ3n) is 3.45. The van der Waals surface area contributed by atoms with Crippen molar-refractivity contribution in [3.8, 4) is 0 Å². The monoisotopic (exact) mass is 227 g/mol. The molecule has 0 aliphatic carbocycles. The summed E-state index contributed by atoms with van der Waals surface area (Å²) in [4.78, 5) is 7.38. The molecule has 0 saturated carbocycles. The zero-order chi connectivity index (χ0) is 12.0. The van der Waals surface area contributed by atoms with Crippen LogP contribution in [0.15, 0.2) is 0 Å². The summed E-state index contributed by atoms with van der Waals surface area (Å²) in [6.07, 6.45) is 2.65. The van der Waals surface area contributed by atoms with E-state index in [4.69, 9.17) is 0 Å². The standard InChI is InChI=1S/C13H29N3/c1-13(6-9-14(2)3)12-16-8-5-7-15(4)10-11-16/h13H,5-12H2,1-4H3. The summed E-state index contributed by atoms with van der Waals surface area (Å²) in [7, 11) is 6.56. The zero-order valence-corrected chi connectivity index (χ0v) is 11.6. The van der Waals surface area contributed by atoms with Gasteiger partial charge < -0.3 is 14.7 Å². The lowest BCUT2D eigenvalue weighted by Gasteiger charge is -2.24. The smallest absolute Gasteiger partial charge is 0.0109 e. The van der Waals surface area contributed by atoms with Gasteiger partial charge in [-0.05, 0) is 59.5 Å². The molecule has 1 aliphatic rings. The predicted molar refractivity (Wildman–Crippen MR) is 70.9 cm³/mol. The van der Waals surface area contributed by atoms with Gasteiger partial charge in [0.25, 0.3) is 0 Å². The molecule has 1 rings (SSSR count). The van der Waals surface area contributed by atoms with Crippen LogP contribution in [-0.2, 0) is 0 Å². The van der Waals surface area contributed by atoms with Crippen molar-refractivity contribution in [2.75, 3.05) is 60.4 Å². The molecule has 0 N–H and O–H groups in total. The van der Waals surface area contributed by atoms with Gasteiger partial charge in [0.15, 0.2) is 0 Å². The molecule has 1 heterocycles. The molecule has 3 nitrogen and oxygen atoms in total. The first-order valence-corrected chi connectivity index (χ1v) is 6.63. The highest BCUT2D eigenvalue weighted by molar-refractivity contribution is 4.69. The van der Waals surface area contributed by atoms with E-state index >= 15 is 0 Å². The highest BCUT2D eigenvalue weighted by Crippen LogP contribution is 2.08. The average molecular weight is 227 g/mol. The van der Waals surface area contributed by atoms with Gasteiger partial charge in [-0.25, -0.2) is 0 Å². The van der Waals surface area contributed by atoms with Gasteiger partial charge in [0.1, 0.15) is 0 Å². The van der Waals surface area contributed by atoms with E-state index < -0.39 is 0 Å². The number of hydrogen-bond donors (Lipinski definition) is 0. The molecular formula is C13H29N3. The fraction of sp³-hybridized carbons (Fsp3) is 1.00. The van der Waals surface area contributed by atoms with Gasteiger partial charge in [-0.15, -0.1) is 0 Å². The van der Waals surface area contributed by atoms with E-state index in [-0.39, 0.29) is 0 Å². The Kier molecular flexibility index (Phi) is 6.32.